The predicted octanol–water partition coefficient (Wildman–Crippen LogP) is 2.69. The Bertz CT molecular complexity index is 623. The fourth-order valence-electron chi connectivity index (χ4n) is 2.34. The highest BCUT2D eigenvalue weighted by molar-refractivity contribution is 5.76. The van der Waals surface area contributed by atoms with Gasteiger partial charge in [0.1, 0.15) is 0 Å². The third kappa shape index (κ3) is 4.71. The number of benzene rings is 1. The maximum atomic E-state index is 11.8. The molecule has 0 radical (unpaired) electrons. The van der Waals surface area contributed by atoms with Crippen LogP contribution in [0, 0.1) is 0 Å². The first-order chi connectivity index (χ1) is 11.1. The molecule has 1 heterocycles. The molecule has 1 aromatic heterocycles. The van der Waals surface area contributed by atoms with Crippen LogP contribution in [0.25, 0.3) is 5.69 Å². The molecule has 0 N–H and O–H groups in total. The van der Waals surface area contributed by atoms with Gasteiger partial charge in [0.25, 0.3) is 0 Å². The van der Waals surface area contributed by atoms with E-state index in [9.17, 15) is 9.59 Å². The minimum absolute atomic E-state index is 0.141. The maximum absolute atomic E-state index is 11.8. The first-order valence-corrected chi connectivity index (χ1v) is 7.70. The summed E-state index contributed by atoms with van der Waals surface area (Å²) in [4.78, 5) is 23.5. The van der Waals surface area contributed by atoms with E-state index in [0.29, 0.717) is 13.2 Å². The second-order valence-electron chi connectivity index (χ2n) is 5.02. The summed E-state index contributed by atoms with van der Waals surface area (Å²) in [6.45, 7) is 4.22. The van der Waals surface area contributed by atoms with E-state index in [1.165, 1.54) is 0 Å². The van der Waals surface area contributed by atoms with Gasteiger partial charge in [0.15, 0.2) is 0 Å². The fourth-order valence-corrected chi connectivity index (χ4v) is 2.34. The smallest absolute Gasteiger partial charge is 0.310 e. The van der Waals surface area contributed by atoms with Crippen molar-refractivity contribution in [2.45, 2.75) is 26.7 Å². The van der Waals surface area contributed by atoms with Gasteiger partial charge in [-0.25, -0.2) is 0 Å². The molecule has 0 bridgehead atoms. The Hall–Kier alpha value is -2.56. The number of carbonyl (C=O) groups excluding carboxylic acids is 2. The molecule has 1 aromatic carbocycles. The predicted molar refractivity (Wildman–Crippen MR) is 86.4 cm³/mol. The molecule has 23 heavy (non-hydrogen) atoms. The molecule has 0 amide bonds. The molecule has 2 rings (SSSR count). The molecule has 5 nitrogen and oxygen atoms in total. The van der Waals surface area contributed by atoms with E-state index in [4.69, 9.17) is 9.47 Å². The number of esters is 2. The zero-order valence-corrected chi connectivity index (χ0v) is 13.5. The lowest BCUT2D eigenvalue weighted by Crippen LogP contribution is -2.11. The number of hydrogen-bond donors (Lipinski definition) is 0. The molecule has 0 fully saturated rings. The second-order valence-corrected chi connectivity index (χ2v) is 5.02. The minimum Gasteiger partial charge on any atom is -0.466 e. The van der Waals surface area contributed by atoms with Crippen LogP contribution in [0.4, 0.5) is 0 Å². The molecule has 2 aromatic rings. The number of nitrogens with zero attached hydrogens (tertiary/aromatic N) is 1. The first-order valence-electron chi connectivity index (χ1n) is 7.70. The Labute approximate surface area is 135 Å². The summed E-state index contributed by atoms with van der Waals surface area (Å²) in [5.74, 6) is -0.605. The average Bonchev–Trinajstić information content (AvgIpc) is 2.91. The Morgan fingerprint density at radius 2 is 1.35 bits per heavy atom. The molecule has 0 spiro atoms. The molecule has 0 unspecified atom stereocenters. The quantitative estimate of drug-likeness (QED) is 0.737. The van der Waals surface area contributed by atoms with Gasteiger partial charge in [0.05, 0.1) is 26.1 Å². The normalized spacial score (nSPS) is 10.3. The number of carbonyl (C=O) groups is 2. The van der Waals surface area contributed by atoms with Gasteiger partial charge < -0.3 is 14.0 Å². The highest BCUT2D eigenvalue weighted by Crippen LogP contribution is 2.18. The molecule has 0 aliphatic heterocycles. The van der Waals surface area contributed by atoms with Crippen molar-refractivity contribution in [3.63, 3.8) is 0 Å². The number of rotatable bonds is 7. The average molecular weight is 315 g/mol. The second kappa shape index (κ2) is 8.17. The number of aromatic nitrogens is 1. The van der Waals surface area contributed by atoms with Crippen LogP contribution in [0.5, 0.6) is 0 Å². The van der Waals surface area contributed by atoms with Crippen LogP contribution in [0.1, 0.15) is 25.0 Å². The maximum Gasteiger partial charge on any atom is 0.310 e. The molecule has 0 aliphatic carbocycles. The van der Waals surface area contributed by atoms with Crippen LogP contribution in [-0.4, -0.2) is 29.7 Å². The number of ether oxygens (including phenoxy) is 2. The Morgan fingerprint density at radius 3 is 1.78 bits per heavy atom. The van der Waals surface area contributed by atoms with Crippen LogP contribution >= 0.6 is 0 Å². The van der Waals surface area contributed by atoms with Gasteiger partial charge in [-0.1, -0.05) is 18.2 Å². The molecular weight excluding hydrogens is 294 g/mol. The highest BCUT2D eigenvalue weighted by Gasteiger charge is 2.16. The Morgan fingerprint density at radius 1 is 0.870 bits per heavy atom. The summed E-state index contributed by atoms with van der Waals surface area (Å²) in [5.41, 5.74) is 2.52. The molecule has 0 saturated carbocycles. The summed E-state index contributed by atoms with van der Waals surface area (Å²) in [7, 11) is 0. The molecule has 0 atom stereocenters. The van der Waals surface area contributed by atoms with E-state index in [1.54, 1.807) is 13.8 Å². The van der Waals surface area contributed by atoms with Gasteiger partial charge in [0.2, 0.25) is 0 Å². The Kier molecular flexibility index (Phi) is 5.97. The molecule has 122 valence electrons. The standard InChI is InChI=1S/C18H21NO4/c1-3-22-17(20)10-14-12-19(16-8-6-5-7-9-16)13-15(14)11-18(21)23-4-2/h5-9,12-13H,3-4,10-11H2,1-2H3. The SMILES string of the molecule is CCOC(=O)Cc1cn(-c2ccccc2)cc1CC(=O)OCC. The topological polar surface area (TPSA) is 57.5 Å². The van der Waals surface area contributed by atoms with Crippen LogP contribution < -0.4 is 0 Å². The lowest BCUT2D eigenvalue weighted by atomic mass is 10.1. The lowest BCUT2D eigenvalue weighted by molar-refractivity contribution is -0.143. The summed E-state index contributed by atoms with van der Waals surface area (Å²) in [6, 6.07) is 9.73. The van der Waals surface area contributed by atoms with E-state index in [1.807, 2.05) is 47.3 Å². The number of hydrogen-bond acceptors (Lipinski definition) is 4. The van der Waals surface area contributed by atoms with Gasteiger partial charge >= 0.3 is 11.9 Å². The van der Waals surface area contributed by atoms with Crippen LogP contribution in [0.3, 0.4) is 0 Å². The molecule has 5 heteroatoms. The van der Waals surface area contributed by atoms with Gasteiger partial charge in [-0.2, -0.15) is 0 Å². The fraction of sp³-hybridized carbons (Fsp3) is 0.333. The van der Waals surface area contributed by atoms with Gasteiger partial charge in [-0.05, 0) is 37.1 Å². The lowest BCUT2D eigenvalue weighted by Gasteiger charge is -2.04. The van der Waals surface area contributed by atoms with E-state index >= 15 is 0 Å². The molecule has 0 aliphatic rings. The largest absolute Gasteiger partial charge is 0.466 e. The van der Waals surface area contributed by atoms with E-state index < -0.39 is 0 Å². The van der Waals surface area contributed by atoms with Gasteiger partial charge in [-0.15, -0.1) is 0 Å². The third-order valence-electron chi connectivity index (χ3n) is 3.34. The van der Waals surface area contributed by atoms with E-state index in [2.05, 4.69) is 0 Å². The zero-order valence-electron chi connectivity index (χ0n) is 13.5. The minimum atomic E-state index is -0.302. The van der Waals surface area contributed by atoms with Crippen molar-refractivity contribution in [2.24, 2.45) is 0 Å². The van der Waals surface area contributed by atoms with Crippen molar-refractivity contribution in [1.82, 2.24) is 4.57 Å². The van der Waals surface area contributed by atoms with Crippen molar-refractivity contribution in [3.8, 4) is 5.69 Å². The number of para-hydroxylation sites is 1. The summed E-state index contributed by atoms with van der Waals surface area (Å²) in [6.07, 6.45) is 4.01. The van der Waals surface area contributed by atoms with Crippen LogP contribution in [-0.2, 0) is 31.9 Å². The van der Waals surface area contributed by atoms with E-state index in [-0.39, 0.29) is 24.8 Å². The van der Waals surface area contributed by atoms with E-state index in [0.717, 1.165) is 16.8 Å². The summed E-state index contributed by atoms with van der Waals surface area (Å²) < 4.78 is 11.9. The summed E-state index contributed by atoms with van der Waals surface area (Å²) in [5, 5.41) is 0. The third-order valence-corrected chi connectivity index (χ3v) is 3.34. The molecular formula is C18H21NO4. The van der Waals surface area contributed by atoms with Crippen molar-refractivity contribution in [1.29, 1.82) is 0 Å². The first kappa shape index (κ1) is 16.8. The van der Waals surface area contributed by atoms with Crippen molar-refractivity contribution in [2.75, 3.05) is 13.2 Å². The van der Waals surface area contributed by atoms with Gasteiger partial charge in [-0.3, -0.25) is 9.59 Å². The highest BCUT2D eigenvalue weighted by atomic mass is 16.5. The zero-order chi connectivity index (χ0) is 16.7. The van der Waals surface area contributed by atoms with Gasteiger partial charge in [0, 0.05) is 18.1 Å². The van der Waals surface area contributed by atoms with Crippen LogP contribution in [0.2, 0.25) is 0 Å². The Balaban J connectivity index is 2.27. The van der Waals surface area contributed by atoms with Crippen molar-refractivity contribution in [3.05, 3.63) is 53.9 Å². The van der Waals surface area contributed by atoms with Crippen LogP contribution in [0.15, 0.2) is 42.7 Å². The summed E-state index contributed by atoms with van der Waals surface area (Å²) >= 11 is 0. The molecule has 0 saturated heterocycles. The monoisotopic (exact) mass is 315 g/mol. The van der Waals surface area contributed by atoms with Crippen molar-refractivity contribution < 1.29 is 19.1 Å². The van der Waals surface area contributed by atoms with Crippen molar-refractivity contribution >= 4 is 11.9 Å².